The van der Waals surface area contributed by atoms with Crippen LogP contribution in [0.2, 0.25) is 0 Å². The number of halogens is 2. The van der Waals surface area contributed by atoms with Crippen molar-refractivity contribution < 1.29 is 18.1 Å². The Morgan fingerprint density at radius 1 is 1.04 bits per heavy atom. The molecule has 0 aliphatic rings. The van der Waals surface area contributed by atoms with Gasteiger partial charge in [0.2, 0.25) is 0 Å². The Kier molecular flexibility index (Phi) is 4.37. The fourth-order valence-electron chi connectivity index (χ4n) is 2.24. The van der Waals surface area contributed by atoms with Gasteiger partial charge in [-0.2, -0.15) is 0 Å². The van der Waals surface area contributed by atoms with Crippen LogP contribution in [0.1, 0.15) is 29.0 Å². The molecule has 122 valence electrons. The molecule has 1 heterocycles. The van der Waals surface area contributed by atoms with Crippen LogP contribution in [0.5, 0.6) is 0 Å². The number of nitrogens with one attached hydrogen (secondary N) is 1. The van der Waals surface area contributed by atoms with Crippen LogP contribution >= 0.6 is 0 Å². The van der Waals surface area contributed by atoms with Crippen molar-refractivity contribution in [2.24, 2.45) is 0 Å². The number of nitrogens with zero attached hydrogens (tertiary/aromatic N) is 1. The summed E-state index contributed by atoms with van der Waals surface area (Å²) in [5, 5.41) is 6.50. The topological polar surface area (TPSA) is 55.1 Å². The summed E-state index contributed by atoms with van der Waals surface area (Å²) in [5.74, 6) is -0.736. The molecule has 0 bridgehead atoms. The van der Waals surface area contributed by atoms with Gasteiger partial charge in [0.1, 0.15) is 11.6 Å². The lowest BCUT2D eigenvalue weighted by atomic mass is 10.1. The molecule has 0 aliphatic carbocycles. The van der Waals surface area contributed by atoms with Gasteiger partial charge in [-0.25, -0.2) is 8.78 Å². The molecule has 6 heteroatoms. The lowest BCUT2D eigenvalue weighted by Gasteiger charge is -2.12. The number of carbonyl (C=O) groups excluding carboxylic acids is 1. The molecule has 0 saturated heterocycles. The highest BCUT2D eigenvalue weighted by atomic mass is 19.1. The van der Waals surface area contributed by atoms with E-state index in [1.165, 1.54) is 30.3 Å². The maximum Gasteiger partial charge on any atom is 0.273 e. The second kappa shape index (κ2) is 6.62. The first-order chi connectivity index (χ1) is 11.5. The molecule has 4 nitrogen and oxygen atoms in total. The van der Waals surface area contributed by atoms with Crippen LogP contribution in [-0.4, -0.2) is 11.1 Å². The summed E-state index contributed by atoms with van der Waals surface area (Å²) in [4.78, 5) is 12.2. The van der Waals surface area contributed by atoms with E-state index in [2.05, 4.69) is 10.5 Å². The SMILES string of the molecule is CC(NC(=O)c1cc(-c2ccc(F)cc2)on1)c1ccc(F)cc1. The lowest BCUT2D eigenvalue weighted by Crippen LogP contribution is -2.26. The average molecular weight is 328 g/mol. The van der Waals surface area contributed by atoms with E-state index in [1.54, 1.807) is 31.2 Å². The fourth-order valence-corrected chi connectivity index (χ4v) is 2.24. The van der Waals surface area contributed by atoms with E-state index < -0.39 is 5.91 Å². The maximum absolute atomic E-state index is 12.9. The van der Waals surface area contributed by atoms with Crippen molar-refractivity contribution in [3.63, 3.8) is 0 Å². The molecule has 0 fully saturated rings. The first kappa shape index (κ1) is 15.9. The van der Waals surface area contributed by atoms with Crippen LogP contribution in [0.25, 0.3) is 11.3 Å². The highest BCUT2D eigenvalue weighted by Gasteiger charge is 2.16. The van der Waals surface area contributed by atoms with E-state index in [0.717, 1.165) is 5.56 Å². The largest absolute Gasteiger partial charge is 0.355 e. The molecule has 1 unspecified atom stereocenters. The second-order valence-electron chi connectivity index (χ2n) is 5.33. The number of carbonyl (C=O) groups is 1. The summed E-state index contributed by atoms with van der Waals surface area (Å²) in [6.07, 6.45) is 0. The van der Waals surface area contributed by atoms with Gasteiger partial charge in [0.05, 0.1) is 6.04 Å². The Morgan fingerprint density at radius 2 is 1.62 bits per heavy atom. The van der Waals surface area contributed by atoms with Crippen molar-refractivity contribution in [1.82, 2.24) is 10.5 Å². The minimum atomic E-state index is -0.413. The normalized spacial score (nSPS) is 12.0. The van der Waals surface area contributed by atoms with Crippen LogP contribution in [0.15, 0.2) is 59.1 Å². The highest BCUT2D eigenvalue weighted by Crippen LogP contribution is 2.21. The molecule has 1 aromatic heterocycles. The van der Waals surface area contributed by atoms with Gasteiger partial charge < -0.3 is 9.84 Å². The van der Waals surface area contributed by atoms with Gasteiger partial charge in [-0.05, 0) is 48.9 Å². The Balaban J connectivity index is 1.71. The quantitative estimate of drug-likeness (QED) is 0.784. The first-order valence-electron chi connectivity index (χ1n) is 7.32. The number of hydrogen-bond acceptors (Lipinski definition) is 3. The Labute approximate surface area is 137 Å². The molecule has 0 spiro atoms. The fraction of sp³-hybridized carbons (Fsp3) is 0.111. The summed E-state index contributed by atoms with van der Waals surface area (Å²) in [7, 11) is 0. The van der Waals surface area contributed by atoms with Gasteiger partial charge in [-0.15, -0.1) is 0 Å². The van der Waals surface area contributed by atoms with Crippen LogP contribution in [0.3, 0.4) is 0 Å². The number of rotatable bonds is 4. The molecule has 0 aliphatic heterocycles. The van der Waals surface area contributed by atoms with E-state index in [-0.39, 0.29) is 23.4 Å². The molecule has 1 atom stereocenters. The van der Waals surface area contributed by atoms with Crippen molar-refractivity contribution in [1.29, 1.82) is 0 Å². The molecule has 3 rings (SSSR count). The number of amides is 1. The summed E-state index contributed by atoms with van der Waals surface area (Å²) in [6.45, 7) is 1.78. The van der Waals surface area contributed by atoms with Crippen molar-refractivity contribution in [3.05, 3.63) is 77.5 Å². The third-order valence-corrected chi connectivity index (χ3v) is 3.59. The van der Waals surface area contributed by atoms with Gasteiger partial charge >= 0.3 is 0 Å². The van der Waals surface area contributed by atoms with Crippen LogP contribution in [0.4, 0.5) is 8.78 Å². The Hall–Kier alpha value is -3.02. The van der Waals surface area contributed by atoms with Gasteiger partial charge in [0.25, 0.3) is 5.91 Å². The zero-order chi connectivity index (χ0) is 17.1. The molecule has 3 aromatic rings. The van der Waals surface area contributed by atoms with E-state index in [1.807, 2.05) is 0 Å². The molecule has 24 heavy (non-hydrogen) atoms. The van der Waals surface area contributed by atoms with Crippen LogP contribution in [0, 0.1) is 11.6 Å². The predicted molar refractivity (Wildman–Crippen MR) is 84.2 cm³/mol. The monoisotopic (exact) mass is 328 g/mol. The molecule has 2 aromatic carbocycles. The zero-order valence-electron chi connectivity index (χ0n) is 12.8. The van der Waals surface area contributed by atoms with Crippen LogP contribution < -0.4 is 5.32 Å². The smallest absolute Gasteiger partial charge is 0.273 e. The minimum absolute atomic E-state index is 0.114. The molecule has 1 N–H and O–H groups in total. The molecular formula is C18H14F2N2O2. The Bertz CT molecular complexity index is 842. The van der Waals surface area contributed by atoms with Gasteiger partial charge in [-0.3, -0.25) is 4.79 Å². The summed E-state index contributed by atoms with van der Waals surface area (Å²) in [6, 6.07) is 12.7. The van der Waals surface area contributed by atoms with Gasteiger partial charge in [0.15, 0.2) is 11.5 Å². The average Bonchev–Trinajstić information content (AvgIpc) is 3.06. The summed E-state index contributed by atoms with van der Waals surface area (Å²) < 4.78 is 31.0. The van der Waals surface area contributed by atoms with Crippen molar-refractivity contribution in [2.75, 3.05) is 0 Å². The number of aromatic nitrogens is 1. The summed E-state index contributed by atoms with van der Waals surface area (Å²) in [5.41, 5.74) is 1.50. The zero-order valence-corrected chi connectivity index (χ0v) is 12.8. The maximum atomic E-state index is 12.9. The summed E-state index contributed by atoms with van der Waals surface area (Å²) >= 11 is 0. The second-order valence-corrected chi connectivity index (χ2v) is 5.33. The standard InChI is InChI=1S/C18H14F2N2O2/c1-11(12-2-6-14(19)7-3-12)21-18(23)16-10-17(24-22-16)13-4-8-15(20)9-5-13/h2-11H,1H3,(H,21,23). The molecule has 0 radical (unpaired) electrons. The lowest BCUT2D eigenvalue weighted by molar-refractivity contribution is 0.0931. The van der Waals surface area contributed by atoms with E-state index in [9.17, 15) is 13.6 Å². The number of hydrogen-bond donors (Lipinski definition) is 1. The molecular weight excluding hydrogens is 314 g/mol. The third kappa shape index (κ3) is 3.48. The number of benzene rings is 2. The van der Waals surface area contributed by atoms with E-state index >= 15 is 0 Å². The van der Waals surface area contributed by atoms with Gasteiger partial charge in [-0.1, -0.05) is 17.3 Å². The van der Waals surface area contributed by atoms with Crippen molar-refractivity contribution in [3.8, 4) is 11.3 Å². The molecule has 1 amide bonds. The molecule has 0 saturated carbocycles. The highest BCUT2D eigenvalue weighted by molar-refractivity contribution is 5.93. The van der Waals surface area contributed by atoms with E-state index in [0.29, 0.717) is 11.3 Å². The first-order valence-corrected chi connectivity index (χ1v) is 7.32. The minimum Gasteiger partial charge on any atom is -0.355 e. The van der Waals surface area contributed by atoms with Crippen molar-refractivity contribution >= 4 is 5.91 Å². The van der Waals surface area contributed by atoms with E-state index in [4.69, 9.17) is 4.52 Å². The van der Waals surface area contributed by atoms with Gasteiger partial charge in [0, 0.05) is 11.6 Å². The predicted octanol–water partition coefficient (Wildman–Crippen LogP) is 4.11. The van der Waals surface area contributed by atoms with Crippen LogP contribution in [-0.2, 0) is 0 Å². The Morgan fingerprint density at radius 3 is 2.25 bits per heavy atom. The van der Waals surface area contributed by atoms with Crippen molar-refractivity contribution in [2.45, 2.75) is 13.0 Å². The third-order valence-electron chi connectivity index (χ3n) is 3.59.